The van der Waals surface area contributed by atoms with E-state index in [0.29, 0.717) is 37.1 Å². The predicted octanol–water partition coefficient (Wildman–Crippen LogP) is 7.08. The van der Waals surface area contributed by atoms with Gasteiger partial charge in [-0.05, 0) is 72.7 Å². The zero-order valence-corrected chi connectivity index (χ0v) is 23.2. The summed E-state index contributed by atoms with van der Waals surface area (Å²) in [6.45, 7) is 1.55. The van der Waals surface area contributed by atoms with Gasteiger partial charge < -0.3 is 14.5 Å². The molecule has 1 aliphatic rings. The Bertz CT molecular complexity index is 1370. The fourth-order valence-electron chi connectivity index (χ4n) is 4.56. The van der Waals surface area contributed by atoms with Crippen molar-refractivity contribution < 1.29 is 45.1 Å². The van der Waals surface area contributed by atoms with E-state index in [1.165, 1.54) is 40.5 Å². The van der Waals surface area contributed by atoms with Crippen molar-refractivity contribution in [3.8, 4) is 0 Å². The Balaban J connectivity index is 1.67. The number of amides is 2. The third kappa shape index (κ3) is 8.09. The Kier molecular flexibility index (Phi) is 9.61. The second-order valence-electron chi connectivity index (χ2n) is 10.0. The van der Waals surface area contributed by atoms with Gasteiger partial charge in [-0.3, -0.25) is 9.59 Å². The first-order valence-corrected chi connectivity index (χ1v) is 13.8. The Labute approximate surface area is 241 Å². The molecular weight excluding hydrogens is 589 g/mol. The van der Waals surface area contributed by atoms with Crippen molar-refractivity contribution in [2.45, 2.75) is 51.3 Å². The highest BCUT2D eigenvalue weighted by Crippen LogP contribution is 2.36. The van der Waals surface area contributed by atoms with E-state index in [0.717, 1.165) is 15.3 Å². The van der Waals surface area contributed by atoms with Gasteiger partial charge in [-0.1, -0.05) is 12.1 Å². The Morgan fingerprint density at radius 2 is 1.57 bits per heavy atom. The van der Waals surface area contributed by atoms with Crippen LogP contribution in [0.1, 0.15) is 50.3 Å². The Hall–Kier alpha value is -3.45. The summed E-state index contributed by atoms with van der Waals surface area (Å²) in [5.74, 6) is -2.23. The maximum atomic E-state index is 13.7. The summed E-state index contributed by atoms with van der Waals surface area (Å²) in [5, 5.41) is 1.84. The van der Waals surface area contributed by atoms with E-state index in [1.807, 2.05) is 18.4 Å². The molecule has 0 radical (unpaired) electrons. The van der Waals surface area contributed by atoms with Crippen molar-refractivity contribution >= 4 is 23.2 Å². The van der Waals surface area contributed by atoms with Crippen molar-refractivity contribution in [1.29, 1.82) is 0 Å². The highest BCUT2D eigenvalue weighted by molar-refractivity contribution is 7.10. The largest absolute Gasteiger partial charge is 0.416 e. The minimum atomic E-state index is -5.14. The first-order valence-electron chi connectivity index (χ1n) is 13.0. The monoisotopic (exact) mass is 616 g/mol. The van der Waals surface area contributed by atoms with Crippen LogP contribution >= 0.6 is 11.3 Å². The summed E-state index contributed by atoms with van der Waals surface area (Å²) in [6, 6.07) is 7.97. The van der Waals surface area contributed by atoms with E-state index in [9.17, 15) is 40.3 Å². The maximum Gasteiger partial charge on any atom is 0.416 e. The summed E-state index contributed by atoms with van der Waals surface area (Å²) in [5.41, 5.74) is -2.61. The molecule has 226 valence electrons. The van der Waals surface area contributed by atoms with Gasteiger partial charge in [0.2, 0.25) is 5.91 Å². The average Bonchev–Trinajstić information content (AvgIpc) is 3.59. The Morgan fingerprint density at radius 3 is 2.10 bits per heavy atom. The second-order valence-corrected chi connectivity index (χ2v) is 11.0. The zero-order valence-electron chi connectivity index (χ0n) is 22.4. The van der Waals surface area contributed by atoms with Crippen LogP contribution in [0.3, 0.4) is 0 Å². The molecule has 1 atom stereocenters. The molecule has 13 heteroatoms. The molecule has 0 spiro atoms. The molecule has 42 heavy (non-hydrogen) atoms. The van der Waals surface area contributed by atoms with Crippen LogP contribution in [0.4, 0.5) is 30.7 Å². The number of hydrogen-bond acceptors (Lipinski definition) is 4. The first kappa shape index (κ1) is 31.5. The topological polar surface area (TPSA) is 49.9 Å². The Morgan fingerprint density at radius 1 is 0.929 bits per heavy atom. The van der Waals surface area contributed by atoms with Crippen molar-refractivity contribution in [3.05, 3.63) is 92.4 Å². The molecule has 0 saturated carbocycles. The normalized spacial score (nSPS) is 15.6. The predicted molar refractivity (Wildman–Crippen MR) is 141 cm³/mol. The number of thiophene rings is 1. The molecule has 4 rings (SSSR count). The van der Waals surface area contributed by atoms with Gasteiger partial charge in [0.25, 0.3) is 5.91 Å². The molecule has 1 fully saturated rings. The minimum Gasteiger partial charge on any atom is -0.376 e. The first-order chi connectivity index (χ1) is 19.7. The van der Waals surface area contributed by atoms with E-state index in [1.54, 1.807) is 0 Å². The summed E-state index contributed by atoms with van der Waals surface area (Å²) in [6.07, 6.45) is -9.68. The molecule has 1 saturated heterocycles. The van der Waals surface area contributed by atoms with Gasteiger partial charge >= 0.3 is 12.4 Å². The van der Waals surface area contributed by atoms with Crippen molar-refractivity contribution in [3.63, 3.8) is 0 Å². The molecule has 1 unspecified atom stereocenters. The number of halogens is 7. The van der Waals surface area contributed by atoms with Gasteiger partial charge in [-0.25, -0.2) is 4.39 Å². The number of aryl methyl sites for hydroxylation is 1. The van der Waals surface area contributed by atoms with E-state index in [4.69, 9.17) is 4.74 Å². The molecule has 2 heterocycles. The molecule has 2 amide bonds. The molecule has 0 bridgehead atoms. The third-order valence-electron chi connectivity index (χ3n) is 6.84. The van der Waals surface area contributed by atoms with Crippen LogP contribution in [-0.4, -0.2) is 47.4 Å². The molecule has 5 nitrogen and oxygen atoms in total. The number of ether oxygens (including phenoxy) is 1. The van der Waals surface area contributed by atoms with Crippen LogP contribution in [0.15, 0.2) is 53.9 Å². The summed E-state index contributed by atoms with van der Waals surface area (Å²) >= 11 is 1.40. The van der Waals surface area contributed by atoms with E-state index in [2.05, 4.69) is 0 Å². The number of nitrogens with zero attached hydrogens (tertiary/aromatic N) is 2. The fourth-order valence-corrected chi connectivity index (χ4v) is 5.48. The summed E-state index contributed by atoms with van der Waals surface area (Å²) < 4.78 is 100. The van der Waals surface area contributed by atoms with Crippen LogP contribution in [-0.2, 0) is 35.0 Å². The van der Waals surface area contributed by atoms with Crippen molar-refractivity contribution in [2.75, 3.05) is 19.7 Å². The van der Waals surface area contributed by atoms with E-state index >= 15 is 0 Å². The summed E-state index contributed by atoms with van der Waals surface area (Å²) in [7, 11) is 0. The van der Waals surface area contributed by atoms with Gasteiger partial charge in [0.05, 0.1) is 23.8 Å². The van der Waals surface area contributed by atoms with E-state index in [-0.39, 0.29) is 25.7 Å². The molecule has 1 aromatic heterocycles. The average molecular weight is 617 g/mol. The highest BCUT2D eigenvalue weighted by Gasteiger charge is 2.38. The van der Waals surface area contributed by atoms with Crippen LogP contribution in [0.5, 0.6) is 0 Å². The highest BCUT2D eigenvalue weighted by atomic mass is 32.1. The van der Waals surface area contributed by atoms with E-state index < -0.39 is 59.3 Å². The van der Waals surface area contributed by atoms with Crippen LogP contribution in [0, 0.1) is 12.7 Å². The standard InChI is InChI=1S/C29H27F7N2O3S/c1-18-8-10-42-25(18)16-37(14-19-4-6-23(30)7-5-19)26(39)17-38(15-24-3-2-9-41-24)27(40)20-11-21(28(31,32)33)13-22(12-20)29(34,35)36/h4-8,10-13,24H,2-3,9,14-17H2,1H3. The zero-order chi connectivity index (χ0) is 30.7. The fraction of sp³-hybridized carbons (Fsp3) is 0.379. The lowest BCUT2D eigenvalue weighted by atomic mass is 10.0. The van der Waals surface area contributed by atoms with Crippen LogP contribution < -0.4 is 0 Å². The van der Waals surface area contributed by atoms with Crippen molar-refractivity contribution in [1.82, 2.24) is 9.80 Å². The summed E-state index contributed by atoms with van der Waals surface area (Å²) in [4.78, 5) is 30.4. The molecule has 0 aliphatic carbocycles. The number of carbonyl (C=O) groups is 2. The molecule has 2 aromatic carbocycles. The van der Waals surface area contributed by atoms with Crippen LogP contribution in [0.25, 0.3) is 0 Å². The molecular formula is C29H27F7N2O3S. The van der Waals surface area contributed by atoms with Crippen LogP contribution in [0.2, 0.25) is 0 Å². The lowest BCUT2D eigenvalue weighted by molar-refractivity contribution is -0.143. The smallest absolute Gasteiger partial charge is 0.376 e. The van der Waals surface area contributed by atoms with Crippen molar-refractivity contribution in [2.24, 2.45) is 0 Å². The quantitative estimate of drug-likeness (QED) is 0.242. The lowest BCUT2D eigenvalue weighted by Crippen LogP contribution is -2.45. The number of benzene rings is 2. The van der Waals surface area contributed by atoms with Gasteiger partial charge in [0.15, 0.2) is 0 Å². The number of hydrogen-bond donors (Lipinski definition) is 0. The number of rotatable bonds is 9. The second kappa shape index (κ2) is 12.8. The number of alkyl halides is 6. The molecule has 3 aromatic rings. The maximum absolute atomic E-state index is 13.7. The third-order valence-corrected chi connectivity index (χ3v) is 7.85. The SMILES string of the molecule is Cc1ccsc1CN(Cc1ccc(F)cc1)C(=O)CN(CC1CCCO1)C(=O)c1cc(C(F)(F)F)cc(C(F)(F)F)c1. The van der Waals surface area contributed by atoms with Gasteiger partial charge in [-0.2, -0.15) is 26.3 Å². The lowest BCUT2D eigenvalue weighted by Gasteiger charge is -2.29. The van der Waals surface area contributed by atoms with Gasteiger partial charge in [-0.15, -0.1) is 11.3 Å². The minimum absolute atomic E-state index is 0.0280. The van der Waals surface area contributed by atoms with Gasteiger partial charge in [0, 0.05) is 30.1 Å². The number of carbonyl (C=O) groups excluding carboxylic acids is 2. The molecule has 0 N–H and O–H groups in total. The van der Waals surface area contributed by atoms with Gasteiger partial charge in [0.1, 0.15) is 12.4 Å². The molecule has 1 aliphatic heterocycles.